The zero-order valence-electron chi connectivity index (χ0n) is 19.4. The van der Waals surface area contributed by atoms with Gasteiger partial charge >= 0.3 is 6.36 Å². The summed E-state index contributed by atoms with van der Waals surface area (Å²) in [6, 6.07) is 12.7. The highest BCUT2D eigenvalue weighted by Crippen LogP contribution is 2.44. The second-order valence-corrected chi connectivity index (χ2v) is 7.83. The van der Waals surface area contributed by atoms with E-state index in [1.807, 2.05) is 0 Å². The number of amides is 1. The molecule has 1 amide bonds. The lowest BCUT2D eigenvalue weighted by Gasteiger charge is -2.26. The quantitative estimate of drug-likeness (QED) is 0.205. The van der Waals surface area contributed by atoms with E-state index in [9.17, 15) is 32.3 Å². The van der Waals surface area contributed by atoms with Crippen LogP contribution in [0.4, 0.5) is 23.2 Å². The molecule has 1 N–H and O–H groups in total. The average Bonchev–Trinajstić information content (AvgIpc) is 3.13. The average molecular weight is 517 g/mol. The number of carbonyl (C=O) groups is 2. The van der Waals surface area contributed by atoms with Gasteiger partial charge in [-0.3, -0.25) is 14.5 Å². The van der Waals surface area contributed by atoms with Gasteiger partial charge in [0.2, 0.25) is 0 Å². The monoisotopic (exact) mass is 517 g/mol. The van der Waals surface area contributed by atoms with Gasteiger partial charge in [0.25, 0.3) is 11.7 Å². The molecule has 1 fully saturated rings. The van der Waals surface area contributed by atoms with Crippen LogP contribution in [0.3, 0.4) is 0 Å². The zero-order chi connectivity index (χ0) is 26.9. The number of carbonyl (C=O) groups excluding carboxylic acids is 2. The van der Waals surface area contributed by atoms with E-state index >= 15 is 0 Å². The van der Waals surface area contributed by atoms with Gasteiger partial charge in [-0.1, -0.05) is 12.1 Å². The van der Waals surface area contributed by atoms with Crippen LogP contribution in [0.2, 0.25) is 0 Å². The standard InChI is InChI=1S/C26H19F4NO6/c1-35-18-5-3-4-14(12-18)22-21(23(32)19-13-15(27)6-11-20(19)36-2)24(33)25(34)31(22)16-7-9-17(10-8-16)37-26(28,29)30/h3-13,22,32H,1-2H3/b23-21+. The summed E-state index contributed by atoms with van der Waals surface area (Å²) in [7, 11) is 2.69. The molecule has 3 aromatic carbocycles. The second kappa shape index (κ2) is 9.84. The summed E-state index contributed by atoms with van der Waals surface area (Å²) < 4.78 is 66.1. The molecule has 0 radical (unpaired) electrons. The predicted molar refractivity (Wildman–Crippen MR) is 124 cm³/mol. The van der Waals surface area contributed by atoms with E-state index in [4.69, 9.17) is 9.47 Å². The first kappa shape index (κ1) is 25.5. The van der Waals surface area contributed by atoms with Gasteiger partial charge in [0.05, 0.1) is 31.4 Å². The van der Waals surface area contributed by atoms with Crippen molar-refractivity contribution in [3.63, 3.8) is 0 Å². The lowest BCUT2D eigenvalue weighted by atomic mass is 9.94. The number of hydrogen-bond acceptors (Lipinski definition) is 6. The maximum atomic E-state index is 14.1. The van der Waals surface area contributed by atoms with Crippen LogP contribution in [0.15, 0.2) is 72.3 Å². The molecule has 37 heavy (non-hydrogen) atoms. The number of aliphatic hydroxyl groups excluding tert-OH is 1. The second-order valence-electron chi connectivity index (χ2n) is 7.83. The molecule has 0 spiro atoms. The Kier molecular flexibility index (Phi) is 6.80. The third-order valence-electron chi connectivity index (χ3n) is 5.62. The third-order valence-corrected chi connectivity index (χ3v) is 5.62. The molecule has 0 bridgehead atoms. The Morgan fingerprint density at radius 2 is 1.62 bits per heavy atom. The molecule has 0 aromatic heterocycles. The summed E-state index contributed by atoms with van der Waals surface area (Å²) >= 11 is 0. The molecule has 1 aliphatic rings. The molecule has 1 saturated heterocycles. The number of nitrogens with zero attached hydrogens (tertiary/aromatic N) is 1. The minimum atomic E-state index is -4.92. The summed E-state index contributed by atoms with van der Waals surface area (Å²) in [5.41, 5.74) is -0.152. The van der Waals surface area contributed by atoms with Crippen molar-refractivity contribution in [1.29, 1.82) is 0 Å². The molecule has 1 aliphatic heterocycles. The lowest BCUT2D eigenvalue weighted by molar-refractivity contribution is -0.274. The first-order valence-corrected chi connectivity index (χ1v) is 10.7. The minimum absolute atomic E-state index is 0.0446. The molecule has 1 unspecified atom stereocenters. The fourth-order valence-electron chi connectivity index (χ4n) is 4.04. The van der Waals surface area contributed by atoms with E-state index < -0.39 is 41.4 Å². The molecule has 3 aromatic rings. The maximum Gasteiger partial charge on any atom is 0.573 e. The van der Waals surface area contributed by atoms with Gasteiger partial charge in [-0.15, -0.1) is 13.2 Å². The van der Waals surface area contributed by atoms with Crippen molar-refractivity contribution in [2.24, 2.45) is 0 Å². The number of hydrogen-bond donors (Lipinski definition) is 1. The number of benzene rings is 3. The van der Waals surface area contributed by atoms with Crippen LogP contribution in [-0.2, 0) is 9.59 Å². The Labute approximate surface area is 208 Å². The zero-order valence-corrected chi connectivity index (χ0v) is 19.4. The third kappa shape index (κ3) is 5.06. The van der Waals surface area contributed by atoms with Crippen LogP contribution in [0.1, 0.15) is 17.2 Å². The first-order chi connectivity index (χ1) is 17.5. The fourth-order valence-corrected chi connectivity index (χ4v) is 4.04. The number of methoxy groups -OCH3 is 2. The van der Waals surface area contributed by atoms with Crippen LogP contribution in [0.5, 0.6) is 17.2 Å². The molecule has 1 heterocycles. The summed E-state index contributed by atoms with van der Waals surface area (Å²) in [4.78, 5) is 27.5. The smallest absolute Gasteiger partial charge is 0.507 e. The highest BCUT2D eigenvalue weighted by molar-refractivity contribution is 6.51. The predicted octanol–water partition coefficient (Wildman–Crippen LogP) is 5.37. The number of ether oxygens (including phenoxy) is 3. The number of anilines is 1. The summed E-state index contributed by atoms with van der Waals surface area (Å²) in [6.45, 7) is 0. The van der Waals surface area contributed by atoms with Crippen LogP contribution < -0.4 is 19.1 Å². The number of aliphatic hydroxyl groups is 1. The van der Waals surface area contributed by atoms with Crippen molar-refractivity contribution in [2.75, 3.05) is 19.1 Å². The molecule has 0 saturated carbocycles. The minimum Gasteiger partial charge on any atom is -0.507 e. The number of ketones is 1. The van der Waals surface area contributed by atoms with Gasteiger partial charge in [-0.2, -0.15) is 0 Å². The van der Waals surface area contributed by atoms with E-state index in [2.05, 4.69) is 4.74 Å². The van der Waals surface area contributed by atoms with Crippen LogP contribution in [-0.4, -0.2) is 37.4 Å². The van der Waals surface area contributed by atoms with Crippen LogP contribution in [0, 0.1) is 5.82 Å². The molecule has 0 aliphatic carbocycles. The Hall–Kier alpha value is -4.54. The molecule has 192 valence electrons. The van der Waals surface area contributed by atoms with E-state index in [0.717, 1.165) is 29.2 Å². The number of halogens is 4. The van der Waals surface area contributed by atoms with Gasteiger partial charge in [-0.25, -0.2) is 4.39 Å². The van der Waals surface area contributed by atoms with Crippen molar-refractivity contribution in [3.05, 3.63) is 89.2 Å². The largest absolute Gasteiger partial charge is 0.573 e. The number of rotatable bonds is 6. The van der Waals surface area contributed by atoms with Crippen molar-refractivity contribution in [1.82, 2.24) is 0 Å². The van der Waals surface area contributed by atoms with Gasteiger partial charge in [0.1, 0.15) is 28.8 Å². The fraction of sp³-hybridized carbons (Fsp3) is 0.154. The SMILES string of the molecule is COc1cccc(C2/C(=C(\O)c3cc(F)ccc3OC)C(=O)C(=O)N2c2ccc(OC(F)(F)F)cc2)c1. The summed E-state index contributed by atoms with van der Waals surface area (Å²) in [5.74, 6) is -3.68. The van der Waals surface area contributed by atoms with Crippen molar-refractivity contribution >= 4 is 23.1 Å². The van der Waals surface area contributed by atoms with E-state index in [-0.39, 0.29) is 22.6 Å². The molecule has 11 heteroatoms. The number of Topliss-reactive ketones (excluding diaryl/α,β-unsaturated/α-hetero) is 1. The number of alkyl halides is 3. The van der Waals surface area contributed by atoms with E-state index in [1.54, 1.807) is 18.2 Å². The molecular weight excluding hydrogens is 498 g/mol. The lowest BCUT2D eigenvalue weighted by Crippen LogP contribution is -2.29. The topological polar surface area (TPSA) is 85.3 Å². The van der Waals surface area contributed by atoms with Gasteiger partial charge in [0, 0.05) is 5.69 Å². The Morgan fingerprint density at radius 3 is 2.24 bits per heavy atom. The summed E-state index contributed by atoms with van der Waals surface area (Å²) in [5, 5.41) is 11.2. The van der Waals surface area contributed by atoms with Crippen LogP contribution in [0.25, 0.3) is 5.76 Å². The molecule has 4 rings (SSSR count). The van der Waals surface area contributed by atoms with Crippen molar-refractivity contribution in [3.8, 4) is 17.2 Å². The van der Waals surface area contributed by atoms with Gasteiger partial charge in [0.15, 0.2) is 0 Å². The van der Waals surface area contributed by atoms with E-state index in [0.29, 0.717) is 11.3 Å². The van der Waals surface area contributed by atoms with Gasteiger partial charge in [-0.05, 0) is 60.2 Å². The Bertz CT molecular complexity index is 1380. The van der Waals surface area contributed by atoms with Gasteiger partial charge < -0.3 is 19.3 Å². The van der Waals surface area contributed by atoms with Crippen LogP contribution >= 0.6 is 0 Å². The first-order valence-electron chi connectivity index (χ1n) is 10.7. The normalized spacial score (nSPS) is 17.1. The van der Waals surface area contributed by atoms with Crippen molar-refractivity contribution < 1.29 is 46.5 Å². The highest BCUT2D eigenvalue weighted by atomic mass is 19.4. The highest BCUT2D eigenvalue weighted by Gasteiger charge is 2.47. The Morgan fingerprint density at radius 1 is 0.919 bits per heavy atom. The maximum absolute atomic E-state index is 14.1. The molecular formula is C26H19F4NO6. The van der Waals surface area contributed by atoms with E-state index in [1.165, 1.54) is 38.5 Å². The molecule has 7 nitrogen and oxygen atoms in total. The van der Waals surface area contributed by atoms with Crippen molar-refractivity contribution in [2.45, 2.75) is 12.4 Å². The molecule has 1 atom stereocenters. The summed E-state index contributed by atoms with van der Waals surface area (Å²) in [6.07, 6.45) is -4.92. The Balaban J connectivity index is 1.91.